The van der Waals surface area contributed by atoms with Gasteiger partial charge < -0.3 is 20.7 Å². The SMILES string of the molecule is CC(C)(C)OC(=O)N[C@H](C(=O)N1C[C@H]2[C@@H]([C@H]1C(=O)CC(CC1CC1)C(=O)C(N)=O)C2(C)C)C1CCCCC1. The van der Waals surface area contributed by atoms with Gasteiger partial charge in [-0.05, 0) is 69.1 Å². The molecule has 38 heavy (non-hydrogen) atoms. The predicted octanol–water partition coefficient (Wildman–Crippen LogP) is 3.37. The second-order valence-corrected chi connectivity index (χ2v) is 13.7. The summed E-state index contributed by atoms with van der Waals surface area (Å²) in [7, 11) is 0. The second-order valence-electron chi connectivity index (χ2n) is 13.7. The molecular formula is C29H45N3O6. The number of nitrogens with two attached hydrogens (primary N) is 1. The van der Waals surface area contributed by atoms with Crippen LogP contribution in [0.25, 0.3) is 0 Å². The molecule has 3 aliphatic carbocycles. The van der Waals surface area contributed by atoms with Gasteiger partial charge in [-0.1, -0.05) is 46.0 Å². The molecule has 5 atom stereocenters. The van der Waals surface area contributed by atoms with Crippen molar-refractivity contribution >= 4 is 29.5 Å². The third-order valence-electron chi connectivity index (χ3n) is 9.26. The third-order valence-corrected chi connectivity index (χ3v) is 9.26. The Labute approximate surface area is 226 Å². The zero-order chi connectivity index (χ0) is 28.0. The molecule has 9 nitrogen and oxygen atoms in total. The number of carbonyl (C=O) groups is 5. The largest absolute Gasteiger partial charge is 0.444 e. The van der Waals surface area contributed by atoms with Gasteiger partial charge >= 0.3 is 6.09 Å². The molecule has 4 aliphatic rings. The number of hydrogen-bond donors (Lipinski definition) is 2. The van der Waals surface area contributed by atoms with Crippen molar-refractivity contribution in [2.75, 3.05) is 6.54 Å². The Bertz CT molecular complexity index is 975. The highest BCUT2D eigenvalue weighted by Crippen LogP contribution is 2.65. The molecule has 0 aromatic heterocycles. The van der Waals surface area contributed by atoms with Gasteiger partial charge in [0.2, 0.25) is 11.7 Å². The molecule has 9 heteroatoms. The first kappa shape index (κ1) is 28.6. The lowest BCUT2D eigenvalue weighted by Crippen LogP contribution is -2.57. The monoisotopic (exact) mass is 531 g/mol. The number of likely N-dealkylation sites (tertiary alicyclic amines) is 1. The van der Waals surface area contributed by atoms with E-state index in [1.807, 2.05) is 0 Å². The molecule has 212 valence electrons. The summed E-state index contributed by atoms with van der Waals surface area (Å²) in [5.41, 5.74) is 4.52. The summed E-state index contributed by atoms with van der Waals surface area (Å²) in [5.74, 6) is -2.37. The summed E-state index contributed by atoms with van der Waals surface area (Å²) in [6.07, 6.45) is 6.47. The van der Waals surface area contributed by atoms with Crippen LogP contribution in [0.1, 0.15) is 92.4 Å². The van der Waals surface area contributed by atoms with Crippen LogP contribution in [-0.4, -0.2) is 58.6 Å². The topological polar surface area (TPSA) is 136 Å². The number of ketones is 2. The number of ether oxygens (including phenoxy) is 1. The first-order chi connectivity index (χ1) is 17.7. The lowest BCUT2D eigenvalue weighted by Gasteiger charge is -2.37. The van der Waals surface area contributed by atoms with Crippen LogP contribution >= 0.6 is 0 Å². The normalized spacial score (nSPS) is 28.1. The van der Waals surface area contributed by atoms with Crippen LogP contribution < -0.4 is 11.1 Å². The number of nitrogens with one attached hydrogen (secondary N) is 1. The number of rotatable bonds is 10. The van der Waals surface area contributed by atoms with Gasteiger partial charge in [0.15, 0.2) is 5.78 Å². The Morgan fingerprint density at radius 3 is 2.21 bits per heavy atom. The molecule has 0 bridgehead atoms. The van der Waals surface area contributed by atoms with Crippen LogP contribution in [0, 0.1) is 35.0 Å². The van der Waals surface area contributed by atoms with E-state index in [4.69, 9.17) is 10.5 Å². The molecular weight excluding hydrogens is 486 g/mol. The van der Waals surface area contributed by atoms with Gasteiger partial charge in [0.25, 0.3) is 5.91 Å². The smallest absolute Gasteiger partial charge is 0.408 e. The molecule has 1 saturated heterocycles. The van der Waals surface area contributed by atoms with Gasteiger partial charge in [-0.15, -0.1) is 0 Å². The van der Waals surface area contributed by atoms with E-state index in [1.54, 1.807) is 25.7 Å². The predicted molar refractivity (Wildman–Crippen MR) is 141 cm³/mol. The number of fused-ring (bicyclic) bond motifs is 1. The van der Waals surface area contributed by atoms with Gasteiger partial charge in [-0.2, -0.15) is 0 Å². The average molecular weight is 532 g/mol. The zero-order valence-electron chi connectivity index (χ0n) is 23.6. The second kappa shape index (κ2) is 10.6. The number of nitrogens with zero attached hydrogens (tertiary/aromatic N) is 1. The van der Waals surface area contributed by atoms with Crippen LogP contribution in [0.15, 0.2) is 0 Å². The molecule has 1 unspecified atom stereocenters. The fraction of sp³-hybridized carbons (Fsp3) is 0.828. The molecule has 1 aliphatic heterocycles. The van der Waals surface area contributed by atoms with Crippen molar-refractivity contribution in [3.05, 3.63) is 0 Å². The minimum Gasteiger partial charge on any atom is -0.444 e. The van der Waals surface area contributed by atoms with Crippen LogP contribution in [0.2, 0.25) is 0 Å². The molecule has 3 N–H and O–H groups in total. The van der Waals surface area contributed by atoms with E-state index in [0.29, 0.717) is 18.9 Å². The lowest BCUT2D eigenvalue weighted by atomic mass is 9.82. The van der Waals surface area contributed by atoms with Crippen molar-refractivity contribution < 1.29 is 28.7 Å². The maximum atomic E-state index is 14.1. The summed E-state index contributed by atoms with van der Waals surface area (Å²) >= 11 is 0. The highest BCUT2D eigenvalue weighted by Gasteiger charge is 2.69. The van der Waals surface area contributed by atoms with Gasteiger partial charge in [0.1, 0.15) is 11.6 Å². The highest BCUT2D eigenvalue weighted by molar-refractivity contribution is 6.36. The molecule has 0 aromatic carbocycles. The van der Waals surface area contributed by atoms with Crippen LogP contribution in [0.4, 0.5) is 4.79 Å². The number of carbonyl (C=O) groups excluding carboxylic acids is 5. The van der Waals surface area contributed by atoms with Crippen molar-refractivity contribution in [3.8, 4) is 0 Å². The van der Waals surface area contributed by atoms with Crippen molar-refractivity contribution in [1.82, 2.24) is 10.2 Å². The van der Waals surface area contributed by atoms with Gasteiger partial charge in [-0.3, -0.25) is 19.2 Å². The summed E-state index contributed by atoms with van der Waals surface area (Å²) < 4.78 is 5.48. The maximum absolute atomic E-state index is 14.1. The number of hydrogen-bond acceptors (Lipinski definition) is 6. The molecule has 0 aromatic rings. The van der Waals surface area contributed by atoms with Gasteiger partial charge in [-0.25, -0.2) is 4.79 Å². The summed E-state index contributed by atoms with van der Waals surface area (Å²) in [5, 5.41) is 2.86. The fourth-order valence-electron chi connectivity index (χ4n) is 6.95. The van der Waals surface area contributed by atoms with Crippen molar-refractivity contribution in [2.45, 2.75) is 110 Å². The van der Waals surface area contributed by atoms with E-state index in [1.165, 1.54) is 0 Å². The van der Waals surface area contributed by atoms with Gasteiger partial charge in [0, 0.05) is 18.9 Å². The van der Waals surface area contributed by atoms with Gasteiger partial charge in [0.05, 0.1) is 6.04 Å². The Morgan fingerprint density at radius 2 is 1.66 bits per heavy atom. The molecule has 4 fully saturated rings. The number of primary amides is 1. The summed E-state index contributed by atoms with van der Waals surface area (Å²) in [6.45, 7) is 10.0. The number of piperidine rings is 1. The average Bonchev–Trinajstić information content (AvgIpc) is 3.68. The summed E-state index contributed by atoms with van der Waals surface area (Å²) in [6, 6.07) is -1.44. The Kier molecular flexibility index (Phi) is 7.97. The first-order valence-corrected chi connectivity index (χ1v) is 14.4. The zero-order valence-corrected chi connectivity index (χ0v) is 23.6. The van der Waals surface area contributed by atoms with E-state index >= 15 is 0 Å². The highest BCUT2D eigenvalue weighted by atomic mass is 16.6. The van der Waals surface area contributed by atoms with E-state index in [9.17, 15) is 24.0 Å². The molecule has 4 rings (SSSR count). The van der Waals surface area contributed by atoms with E-state index in [0.717, 1.165) is 44.9 Å². The Hall–Kier alpha value is -2.45. The fourth-order valence-corrected chi connectivity index (χ4v) is 6.95. The van der Waals surface area contributed by atoms with Crippen LogP contribution in [-0.2, 0) is 23.9 Å². The summed E-state index contributed by atoms with van der Waals surface area (Å²) in [4.78, 5) is 66.6. The quantitative estimate of drug-likeness (QED) is 0.415. The Morgan fingerprint density at radius 1 is 1.03 bits per heavy atom. The van der Waals surface area contributed by atoms with E-state index in [2.05, 4.69) is 19.2 Å². The molecule has 3 saturated carbocycles. The third kappa shape index (κ3) is 6.23. The van der Waals surface area contributed by atoms with E-state index < -0.39 is 41.4 Å². The Balaban J connectivity index is 1.55. The molecule has 3 amide bonds. The molecule has 1 heterocycles. The van der Waals surface area contributed by atoms with E-state index in [-0.39, 0.29) is 41.3 Å². The molecule has 0 radical (unpaired) electrons. The first-order valence-electron chi connectivity index (χ1n) is 14.4. The van der Waals surface area contributed by atoms with Crippen molar-refractivity contribution in [1.29, 1.82) is 0 Å². The maximum Gasteiger partial charge on any atom is 0.408 e. The minimum absolute atomic E-state index is 0.00209. The van der Waals surface area contributed by atoms with Crippen LogP contribution in [0.5, 0.6) is 0 Å². The van der Waals surface area contributed by atoms with Crippen molar-refractivity contribution in [3.63, 3.8) is 0 Å². The number of amides is 3. The minimum atomic E-state index is -1.01. The number of Topliss-reactive ketones (excluding diaryl/α,β-unsaturated/α-hetero) is 2. The lowest BCUT2D eigenvalue weighted by molar-refractivity contribution is -0.144. The molecule has 0 spiro atoms. The number of alkyl carbamates (subject to hydrolysis) is 1. The standard InChI is InChI=1S/C29H45N3O6/c1-28(2,3)38-27(37)31-22(17-9-7-6-8-10-17)26(36)32-15-19-21(29(19,4)5)23(32)20(33)14-18(13-16-11-12-16)24(34)25(30)35/h16-19,21-23H,6-15H2,1-5H3,(H2,30,35)(H,31,37)/t18?,19-,21-,22-,23+/m0/s1. The van der Waals surface area contributed by atoms with Crippen LogP contribution in [0.3, 0.4) is 0 Å². The van der Waals surface area contributed by atoms with Crippen molar-refractivity contribution in [2.24, 2.45) is 40.7 Å².